The summed E-state index contributed by atoms with van der Waals surface area (Å²) in [6.45, 7) is 0. The van der Waals surface area contributed by atoms with E-state index in [4.69, 9.17) is 0 Å². The van der Waals surface area contributed by atoms with Crippen molar-refractivity contribution in [2.75, 3.05) is 0 Å². The molecule has 1 aromatic heterocycles. The van der Waals surface area contributed by atoms with Crippen LogP contribution in [0.3, 0.4) is 0 Å². The average Bonchev–Trinajstić information content (AvgIpc) is 2.06. The molecule has 0 amide bonds. The largest absolute Gasteiger partial charge is 0.256 e. The van der Waals surface area contributed by atoms with E-state index in [1.54, 1.807) is 6.07 Å². The SMILES string of the molecule is O=S(=O)(c1ccccn1)C(F)I. The molecule has 0 bridgehead atoms. The van der Waals surface area contributed by atoms with Gasteiger partial charge in [0.2, 0.25) is 9.84 Å². The number of halogens is 2. The summed E-state index contributed by atoms with van der Waals surface area (Å²) in [7, 11) is -3.87. The molecule has 0 fully saturated rings. The number of hydrogen-bond donors (Lipinski definition) is 0. The second-order valence-electron chi connectivity index (χ2n) is 1.97. The van der Waals surface area contributed by atoms with Crippen LogP contribution >= 0.6 is 22.6 Å². The van der Waals surface area contributed by atoms with Crippen molar-refractivity contribution in [2.45, 2.75) is 8.54 Å². The van der Waals surface area contributed by atoms with Gasteiger partial charge in [-0.05, 0) is 34.7 Å². The maximum atomic E-state index is 12.5. The zero-order chi connectivity index (χ0) is 9.19. The number of hydrogen-bond acceptors (Lipinski definition) is 3. The Bertz CT molecular complexity index is 351. The molecule has 3 nitrogen and oxygen atoms in total. The lowest BCUT2D eigenvalue weighted by Crippen LogP contribution is -2.10. The van der Waals surface area contributed by atoms with Crippen LogP contribution in [0.25, 0.3) is 0 Å². The van der Waals surface area contributed by atoms with Crippen LogP contribution in [0.5, 0.6) is 0 Å². The van der Waals surface area contributed by atoms with E-state index in [2.05, 4.69) is 4.98 Å². The van der Waals surface area contributed by atoms with Gasteiger partial charge in [0.05, 0.1) is 0 Å². The van der Waals surface area contributed by atoms with Gasteiger partial charge in [-0.2, -0.15) is 0 Å². The van der Waals surface area contributed by atoms with Gasteiger partial charge >= 0.3 is 0 Å². The molecule has 0 saturated carbocycles. The number of pyridine rings is 1. The number of nitrogens with zero attached hydrogens (tertiary/aromatic N) is 1. The molecule has 1 atom stereocenters. The van der Waals surface area contributed by atoms with Crippen molar-refractivity contribution in [3.63, 3.8) is 0 Å². The normalized spacial score (nSPS) is 14.2. The molecular formula is C6H5FINO2S. The summed E-state index contributed by atoms with van der Waals surface area (Å²) in [5.74, 6) is 0. The summed E-state index contributed by atoms with van der Waals surface area (Å²) in [4.78, 5) is 3.54. The van der Waals surface area contributed by atoms with E-state index in [0.29, 0.717) is 0 Å². The zero-order valence-electron chi connectivity index (χ0n) is 5.81. The van der Waals surface area contributed by atoms with Crippen LogP contribution in [-0.4, -0.2) is 16.9 Å². The number of alkyl halides is 2. The highest BCUT2D eigenvalue weighted by molar-refractivity contribution is 14.1. The Morgan fingerprint density at radius 2 is 2.17 bits per heavy atom. The molecule has 0 N–H and O–H groups in total. The first-order chi connectivity index (χ1) is 5.55. The maximum Gasteiger partial charge on any atom is 0.256 e. The Morgan fingerprint density at radius 3 is 2.58 bits per heavy atom. The van der Waals surface area contributed by atoms with Crippen LogP contribution in [0, 0.1) is 0 Å². The Morgan fingerprint density at radius 1 is 1.50 bits per heavy atom. The zero-order valence-corrected chi connectivity index (χ0v) is 8.79. The molecule has 1 unspecified atom stereocenters. The molecule has 0 aromatic carbocycles. The van der Waals surface area contributed by atoms with Crippen LogP contribution in [0.1, 0.15) is 0 Å². The van der Waals surface area contributed by atoms with Gasteiger partial charge in [-0.15, -0.1) is 0 Å². The molecule has 0 radical (unpaired) electrons. The van der Waals surface area contributed by atoms with Gasteiger partial charge in [-0.3, -0.25) is 0 Å². The summed E-state index contributed by atoms with van der Waals surface area (Å²) in [6, 6.07) is 4.33. The van der Waals surface area contributed by atoms with Crippen molar-refractivity contribution < 1.29 is 12.8 Å². The van der Waals surface area contributed by atoms with Crippen molar-refractivity contribution in [1.29, 1.82) is 0 Å². The highest BCUT2D eigenvalue weighted by atomic mass is 127. The van der Waals surface area contributed by atoms with E-state index in [1.165, 1.54) is 40.9 Å². The van der Waals surface area contributed by atoms with E-state index in [1.807, 2.05) is 0 Å². The first-order valence-corrected chi connectivity index (χ1v) is 5.77. The van der Waals surface area contributed by atoms with E-state index in [9.17, 15) is 12.8 Å². The first-order valence-electron chi connectivity index (χ1n) is 2.98. The summed E-state index contributed by atoms with van der Waals surface area (Å²) < 4.78 is 32.8. The van der Waals surface area contributed by atoms with Crippen LogP contribution in [0.4, 0.5) is 4.39 Å². The second-order valence-corrected chi connectivity index (χ2v) is 5.83. The first kappa shape index (κ1) is 9.85. The van der Waals surface area contributed by atoms with Crippen molar-refractivity contribution in [2.24, 2.45) is 0 Å². The van der Waals surface area contributed by atoms with Gasteiger partial charge in [0.1, 0.15) is 0 Å². The predicted octanol–water partition coefficient (Wildman–Crippen LogP) is 1.54. The predicted molar refractivity (Wildman–Crippen MR) is 50.3 cm³/mol. The molecule has 1 aromatic rings. The fraction of sp³-hybridized carbons (Fsp3) is 0.167. The maximum absolute atomic E-state index is 12.5. The minimum absolute atomic E-state index is 0.230. The molecule has 1 rings (SSSR count). The van der Waals surface area contributed by atoms with Crippen molar-refractivity contribution in [3.8, 4) is 0 Å². The molecule has 0 aliphatic rings. The van der Waals surface area contributed by atoms with E-state index >= 15 is 0 Å². The minimum Gasteiger partial charge on any atom is -0.245 e. The molecule has 6 heteroatoms. The summed E-state index contributed by atoms with van der Waals surface area (Å²) in [5, 5.41) is -0.230. The fourth-order valence-electron chi connectivity index (χ4n) is 0.607. The van der Waals surface area contributed by atoms with Gasteiger partial charge in [0, 0.05) is 6.20 Å². The van der Waals surface area contributed by atoms with E-state index < -0.39 is 13.3 Å². The molecule has 12 heavy (non-hydrogen) atoms. The Kier molecular flexibility index (Phi) is 2.99. The topological polar surface area (TPSA) is 47.0 Å². The summed E-state index contributed by atoms with van der Waals surface area (Å²) in [5.41, 5.74) is 0. The quantitative estimate of drug-likeness (QED) is 0.615. The van der Waals surface area contributed by atoms with Crippen LogP contribution < -0.4 is 0 Å². The van der Waals surface area contributed by atoms with Crippen LogP contribution in [-0.2, 0) is 9.84 Å². The summed E-state index contributed by atoms with van der Waals surface area (Å²) >= 11 is 1.19. The lowest BCUT2D eigenvalue weighted by Gasteiger charge is -2.00. The van der Waals surface area contributed by atoms with Crippen LogP contribution in [0.15, 0.2) is 29.4 Å². The number of aromatic nitrogens is 1. The third-order valence-corrected chi connectivity index (χ3v) is 4.47. The van der Waals surface area contributed by atoms with Gasteiger partial charge in [-0.25, -0.2) is 17.8 Å². The Hall–Kier alpha value is -0.240. The minimum atomic E-state index is -3.87. The molecule has 0 aliphatic carbocycles. The van der Waals surface area contributed by atoms with Crippen molar-refractivity contribution in [3.05, 3.63) is 24.4 Å². The third-order valence-electron chi connectivity index (χ3n) is 1.16. The molecule has 1 heterocycles. The number of rotatable bonds is 2. The molecule has 0 saturated heterocycles. The fourth-order valence-corrected chi connectivity index (χ4v) is 2.05. The molecule has 0 aliphatic heterocycles. The molecular weight excluding hydrogens is 296 g/mol. The van der Waals surface area contributed by atoms with Crippen molar-refractivity contribution >= 4 is 32.4 Å². The number of sulfone groups is 1. The summed E-state index contributed by atoms with van der Waals surface area (Å²) in [6.07, 6.45) is 1.31. The van der Waals surface area contributed by atoms with Gasteiger partial charge in [0.25, 0.3) is 3.51 Å². The van der Waals surface area contributed by atoms with Gasteiger partial charge in [0.15, 0.2) is 5.03 Å². The highest BCUT2D eigenvalue weighted by Gasteiger charge is 2.24. The smallest absolute Gasteiger partial charge is 0.245 e. The standard InChI is InChI=1S/C6H5FINO2S/c7-6(8)12(10,11)5-3-1-2-4-9-5/h1-4,6H. The lowest BCUT2D eigenvalue weighted by molar-refractivity contribution is 0.519. The molecule has 66 valence electrons. The van der Waals surface area contributed by atoms with Crippen LogP contribution in [0.2, 0.25) is 0 Å². The second kappa shape index (κ2) is 3.65. The molecule has 0 spiro atoms. The van der Waals surface area contributed by atoms with Gasteiger partial charge in [-0.1, -0.05) is 6.07 Å². The monoisotopic (exact) mass is 301 g/mol. The lowest BCUT2D eigenvalue weighted by atomic mass is 10.5. The highest BCUT2D eigenvalue weighted by Crippen LogP contribution is 2.18. The van der Waals surface area contributed by atoms with Crippen molar-refractivity contribution in [1.82, 2.24) is 4.98 Å². The Labute approximate surface area is 83.1 Å². The van der Waals surface area contributed by atoms with E-state index in [0.717, 1.165) is 0 Å². The third kappa shape index (κ3) is 1.92. The Balaban J connectivity index is 3.17. The average molecular weight is 301 g/mol. The van der Waals surface area contributed by atoms with Gasteiger partial charge < -0.3 is 0 Å². The van der Waals surface area contributed by atoms with E-state index in [-0.39, 0.29) is 5.03 Å².